The molecular weight excluding hydrogens is 340 g/mol. The summed E-state index contributed by atoms with van der Waals surface area (Å²) < 4.78 is 24.8. The highest BCUT2D eigenvalue weighted by atomic mass is 32.2. The molecule has 1 aliphatic rings. The van der Waals surface area contributed by atoms with Crippen LogP contribution < -0.4 is 5.32 Å². The first-order chi connectivity index (χ1) is 11.9. The van der Waals surface area contributed by atoms with Crippen LogP contribution in [-0.2, 0) is 29.4 Å². The molecule has 0 aromatic carbocycles. The Bertz CT molecular complexity index is 869. The maximum Gasteiger partial charge on any atom is 0.253 e. The number of nitrogens with one attached hydrogen (secondary N) is 1. The minimum atomic E-state index is -3.25. The molecule has 0 spiro atoms. The van der Waals surface area contributed by atoms with Gasteiger partial charge >= 0.3 is 0 Å². The number of hydrogen-bond donors (Lipinski definition) is 1. The summed E-state index contributed by atoms with van der Waals surface area (Å²) in [5.41, 5.74) is 3.31. The van der Waals surface area contributed by atoms with Crippen LogP contribution in [0.2, 0.25) is 0 Å². The molecule has 8 heteroatoms. The Labute approximate surface area is 147 Å². The Hall–Kier alpha value is -2.32. The van der Waals surface area contributed by atoms with E-state index in [0.717, 1.165) is 23.1 Å². The number of rotatable bonds is 5. The molecule has 0 bridgehead atoms. The Morgan fingerprint density at radius 2 is 2.00 bits per heavy atom. The first-order valence-electron chi connectivity index (χ1n) is 8.03. The van der Waals surface area contributed by atoms with Crippen molar-refractivity contribution >= 4 is 15.9 Å². The molecule has 0 radical (unpaired) electrons. The van der Waals surface area contributed by atoms with Crippen LogP contribution in [0, 0.1) is 0 Å². The van der Waals surface area contributed by atoms with E-state index in [0.29, 0.717) is 25.1 Å². The number of amides is 1. The van der Waals surface area contributed by atoms with E-state index in [1.165, 1.54) is 10.6 Å². The van der Waals surface area contributed by atoms with Crippen molar-refractivity contribution in [2.24, 2.45) is 0 Å². The van der Waals surface area contributed by atoms with Crippen molar-refractivity contribution in [2.45, 2.75) is 19.4 Å². The molecule has 0 unspecified atom stereocenters. The van der Waals surface area contributed by atoms with Gasteiger partial charge in [-0.25, -0.2) is 8.42 Å². The van der Waals surface area contributed by atoms with Crippen molar-refractivity contribution in [3.05, 3.63) is 59.2 Å². The third-order valence-electron chi connectivity index (χ3n) is 4.27. The van der Waals surface area contributed by atoms with Crippen molar-refractivity contribution < 1.29 is 13.2 Å². The van der Waals surface area contributed by atoms with E-state index in [-0.39, 0.29) is 12.5 Å². The van der Waals surface area contributed by atoms with Gasteiger partial charge in [-0.2, -0.15) is 4.31 Å². The van der Waals surface area contributed by atoms with Gasteiger partial charge in [-0.3, -0.25) is 14.8 Å². The van der Waals surface area contributed by atoms with Crippen LogP contribution in [-0.4, -0.2) is 47.9 Å². The minimum absolute atomic E-state index is 0.175. The summed E-state index contributed by atoms with van der Waals surface area (Å²) in [6, 6.07) is 3.83. The van der Waals surface area contributed by atoms with Crippen molar-refractivity contribution in [1.29, 1.82) is 0 Å². The molecule has 132 valence electrons. The van der Waals surface area contributed by atoms with E-state index in [4.69, 9.17) is 0 Å². The van der Waals surface area contributed by atoms with Crippen LogP contribution in [0.3, 0.4) is 0 Å². The zero-order valence-electron chi connectivity index (χ0n) is 14.0. The molecule has 0 aliphatic carbocycles. The van der Waals surface area contributed by atoms with E-state index in [2.05, 4.69) is 15.3 Å². The molecule has 3 rings (SSSR count). The van der Waals surface area contributed by atoms with Crippen LogP contribution >= 0.6 is 0 Å². The van der Waals surface area contributed by atoms with Gasteiger partial charge < -0.3 is 5.32 Å². The second kappa shape index (κ2) is 7.28. The van der Waals surface area contributed by atoms with Gasteiger partial charge in [0, 0.05) is 44.4 Å². The quantitative estimate of drug-likeness (QED) is 0.850. The Balaban J connectivity index is 1.68. The predicted octanol–water partition coefficient (Wildman–Crippen LogP) is 0.767. The normalized spacial score (nSPS) is 14.8. The zero-order chi connectivity index (χ0) is 17.9. The number of aromatic nitrogens is 2. The molecule has 7 nitrogen and oxygen atoms in total. The van der Waals surface area contributed by atoms with Gasteiger partial charge in [0.15, 0.2) is 0 Å². The molecule has 25 heavy (non-hydrogen) atoms. The summed E-state index contributed by atoms with van der Waals surface area (Å²) in [6.45, 7) is 1.16. The lowest BCUT2D eigenvalue weighted by Gasteiger charge is -2.27. The molecular formula is C17H20N4O3S. The van der Waals surface area contributed by atoms with E-state index < -0.39 is 10.0 Å². The molecule has 0 saturated heterocycles. The number of sulfonamides is 1. The van der Waals surface area contributed by atoms with Crippen molar-refractivity contribution in [1.82, 2.24) is 19.6 Å². The lowest BCUT2D eigenvalue weighted by Crippen LogP contribution is -2.36. The fourth-order valence-corrected chi connectivity index (χ4v) is 3.71. The summed E-state index contributed by atoms with van der Waals surface area (Å²) in [7, 11) is -3.25. The van der Waals surface area contributed by atoms with Gasteiger partial charge in [-0.05, 0) is 41.7 Å². The number of carbonyl (C=O) groups excluding carboxylic acids is 1. The first kappa shape index (κ1) is 17.5. The topological polar surface area (TPSA) is 92.3 Å². The van der Waals surface area contributed by atoms with Crippen LogP contribution in [0.1, 0.15) is 27.0 Å². The highest BCUT2D eigenvalue weighted by molar-refractivity contribution is 7.88. The smallest absolute Gasteiger partial charge is 0.253 e. The summed E-state index contributed by atoms with van der Waals surface area (Å²) in [4.78, 5) is 20.6. The monoisotopic (exact) mass is 360 g/mol. The number of carbonyl (C=O) groups is 1. The lowest BCUT2D eigenvalue weighted by atomic mass is 9.98. The molecule has 1 aliphatic heterocycles. The highest BCUT2D eigenvalue weighted by Crippen LogP contribution is 2.23. The summed E-state index contributed by atoms with van der Waals surface area (Å²) in [5, 5.41) is 2.91. The van der Waals surface area contributed by atoms with Crippen LogP contribution in [0.25, 0.3) is 0 Å². The summed E-state index contributed by atoms with van der Waals surface area (Å²) in [6.07, 6.45) is 9.07. The van der Waals surface area contributed by atoms with Gasteiger partial charge in [-0.15, -0.1) is 0 Å². The average Bonchev–Trinajstić information content (AvgIpc) is 2.60. The molecule has 2 aromatic rings. The molecule has 0 atom stereocenters. The van der Waals surface area contributed by atoms with Crippen LogP contribution in [0.15, 0.2) is 36.9 Å². The van der Waals surface area contributed by atoms with Gasteiger partial charge in [0.1, 0.15) is 0 Å². The molecule has 2 aromatic heterocycles. The Morgan fingerprint density at radius 3 is 2.72 bits per heavy atom. The van der Waals surface area contributed by atoms with E-state index in [1.54, 1.807) is 24.8 Å². The summed E-state index contributed by atoms with van der Waals surface area (Å²) in [5.74, 6) is -0.175. The van der Waals surface area contributed by atoms with Gasteiger partial charge in [0.05, 0.1) is 11.8 Å². The Kier molecular flexibility index (Phi) is 5.10. The number of nitrogens with zero attached hydrogens (tertiary/aromatic N) is 3. The lowest BCUT2D eigenvalue weighted by molar-refractivity contribution is 0.0952. The van der Waals surface area contributed by atoms with Gasteiger partial charge in [0.2, 0.25) is 10.0 Å². The second-order valence-corrected chi connectivity index (χ2v) is 8.02. The fraction of sp³-hybridized carbons (Fsp3) is 0.353. The van der Waals surface area contributed by atoms with E-state index >= 15 is 0 Å². The molecule has 0 fully saturated rings. The number of pyridine rings is 2. The molecule has 1 amide bonds. The van der Waals surface area contributed by atoms with Gasteiger partial charge in [0.25, 0.3) is 5.91 Å². The molecule has 0 saturated carbocycles. The largest absolute Gasteiger partial charge is 0.352 e. The van der Waals surface area contributed by atoms with E-state index in [1.807, 2.05) is 12.1 Å². The highest BCUT2D eigenvalue weighted by Gasteiger charge is 2.26. The second-order valence-electron chi connectivity index (χ2n) is 6.03. The van der Waals surface area contributed by atoms with Crippen molar-refractivity contribution in [2.75, 3.05) is 19.3 Å². The maximum absolute atomic E-state index is 12.5. The average molecular weight is 360 g/mol. The first-order valence-corrected chi connectivity index (χ1v) is 9.88. The maximum atomic E-state index is 12.5. The molecule has 3 heterocycles. The standard InChI is InChI=1S/C17H20N4O3S/c1-25(23,24)21-9-5-15-14(12-21)10-19-11-16(15)17(22)20-8-4-13-2-6-18-7-3-13/h2-3,6-7,10-11H,4-5,8-9,12H2,1H3,(H,20,22). The van der Waals surface area contributed by atoms with Gasteiger partial charge in [-0.1, -0.05) is 0 Å². The van der Waals surface area contributed by atoms with Crippen molar-refractivity contribution in [3.63, 3.8) is 0 Å². The van der Waals surface area contributed by atoms with Crippen LogP contribution in [0.5, 0.6) is 0 Å². The number of fused-ring (bicyclic) bond motifs is 1. The van der Waals surface area contributed by atoms with Crippen molar-refractivity contribution in [3.8, 4) is 0 Å². The van der Waals surface area contributed by atoms with Crippen LogP contribution in [0.4, 0.5) is 0 Å². The minimum Gasteiger partial charge on any atom is -0.352 e. The fourth-order valence-electron chi connectivity index (χ4n) is 2.91. The SMILES string of the molecule is CS(=O)(=O)N1CCc2c(cncc2C(=O)NCCc2ccncc2)C1. The zero-order valence-corrected chi connectivity index (χ0v) is 14.8. The third-order valence-corrected chi connectivity index (χ3v) is 5.52. The predicted molar refractivity (Wildman–Crippen MR) is 93.5 cm³/mol. The van der Waals surface area contributed by atoms with E-state index in [9.17, 15) is 13.2 Å². The summed E-state index contributed by atoms with van der Waals surface area (Å²) >= 11 is 0. The third kappa shape index (κ3) is 4.21. The Morgan fingerprint density at radius 1 is 1.24 bits per heavy atom. The molecule has 1 N–H and O–H groups in total. The number of hydrogen-bond acceptors (Lipinski definition) is 5.